The first kappa shape index (κ1) is 30.6. The Morgan fingerprint density at radius 1 is 0.844 bits per heavy atom. The summed E-state index contributed by atoms with van der Waals surface area (Å²) < 4.78 is 43.7. The predicted molar refractivity (Wildman–Crippen MR) is 172 cm³/mol. The lowest BCUT2D eigenvalue weighted by atomic mass is 10.1. The van der Waals surface area contributed by atoms with E-state index in [0.717, 1.165) is 70.4 Å². The summed E-state index contributed by atoms with van der Waals surface area (Å²) in [6.45, 7) is 2.08. The number of halogens is 3. The molecule has 0 unspecified atom stereocenters. The molecular weight excluding hydrogens is 596 g/mol. The number of aromatic nitrogens is 2. The quantitative estimate of drug-likeness (QED) is 0.130. The van der Waals surface area contributed by atoms with Crippen LogP contribution in [0.1, 0.15) is 36.6 Å². The van der Waals surface area contributed by atoms with E-state index in [2.05, 4.69) is 33.3 Å². The highest BCUT2D eigenvalue weighted by Gasteiger charge is 2.23. The van der Waals surface area contributed by atoms with Crippen molar-refractivity contribution in [2.24, 2.45) is 0 Å². The molecule has 0 atom stereocenters. The number of hydrogen-bond donors (Lipinski definition) is 0. The van der Waals surface area contributed by atoms with Crippen molar-refractivity contribution in [1.29, 1.82) is 0 Å². The lowest BCUT2D eigenvalue weighted by Crippen LogP contribution is -2.24. The van der Waals surface area contributed by atoms with E-state index in [-0.39, 0.29) is 12.5 Å². The molecule has 1 aliphatic rings. The zero-order chi connectivity index (χ0) is 31.2. The Labute approximate surface area is 266 Å². The van der Waals surface area contributed by atoms with Crippen molar-refractivity contribution in [1.82, 2.24) is 14.5 Å². The first-order valence-corrected chi connectivity index (χ1v) is 15.4. The molecule has 0 saturated heterocycles. The van der Waals surface area contributed by atoms with Gasteiger partial charge in [-0.2, -0.15) is 8.78 Å². The number of unbranched alkanes of at least 4 members (excludes halogenated alkanes) is 1. The second-order valence-corrected chi connectivity index (χ2v) is 11.4. The number of imidazole rings is 1. The molecule has 0 spiro atoms. The van der Waals surface area contributed by atoms with Crippen molar-refractivity contribution in [3.63, 3.8) is 0 Å². The lowest BCUT2D eigenvalue weighted by Gasteiger charge is -2.25. The Balaban J connectivity index is 1.42. The molecule has 9 heteroatoms. The molecule has 0 aliphatic carbocycles. The predicted octanol–water partition coefficient (Wildman–Crippen LogP) is 9.20. The molecule has 0 radical (unpaired) electrons. The molecular formula is C36H34ClF2N3O3. The van der Waals surface area contributed by atoms with Crippen molar-refractivity contribution >= 4 is 11.6 Å². The van der Waals surface area contributed by atoms with E-state index in [9.17, 15) is 8.78 Å². The lowest BCUT2D eigenvalue weighted by molar-refractivity contribution is -0.0498. The molecule has 0 saturated carbocycles. The van der Waals surface area contributed by atoms with Crippen molar-refractivity contribution in [2.75, 3.05) is 6.79 Å². The van der Waals surface area contributed by atoms with Crippen LogP contribution in [-0.4, -0.2) is 27.9 Å². The van der Waals surface area contributed by atoms with Gasteiger partial charge in [-0.3, -0.25) is 4.90 Å². The highest BCUT2D eigenvalue weighted by molar-refractivity contribution is 6.30. The Morgan fingerprint density at radius 3 is 2.29 bits per heavy atom. The number of benzene rings is 4. The SMILES string of the molecule is CCCCn1c(-c2ccccc2)nc(-c2ccc(Cl)cc2)c1CN(Cc1ccc(OC(F)F)cc1)Cc1ccc2c(c1)OCO2. The maximum Gasteiger partial charge on any atom is 0.387 e. The monoisotopic (exact) mass is 629 g/mol. The number of fused-ring (bicyclic) bond motifs is 1. The molecule has 6 nitrogen and oxygen atoms in total. The summed E-state index contributed by atoms with van der Waals surface area (Å²) in [6.07, 6.45) is 2.03. The van der Waals surface area contributed by atoms with Crippen molar-refractivity contribution in [3.8, 4) is 39.9 Å². The van der Waals surface area contributed by atoms with Gasteiger partial charge in [0.15, 0.2) is 11.5 Å². The van der Waals surface area contributed by atoms with Crippen LogP contribution < -0.4 is 14.2 Å². The van der Waals surface area contributed by atoms with E-state index < -0.39 is 6.61 Å². The maximum absolute atomic E-state index is 12.8. The molecule has 2 heterocycles. The molecule has 4 aromatic carbocycles. The van der Waals surface area contributed by atoms with Gasteiger partial charge in [0.2, 0.25) is 6.79 Å². The highest BCUT2D eigenvalue weighted by Crippen LogP contribution is 2.35. The van der Waals surface area contributed by atoms with E-state index in [1.807, 2.05) is 72.8 Å². The van der Waals surface area contributed by atoms with Gasteiger partial charge in [-0.1, -0.05) is 85.6 Å². The number of nitrogens with zero attached hydrogens (tertiary/aromatic N) is 3. The summed E-state index contributed by atoms with van der Waals surface area (Å²) in [5, 5.41) is 0.665. The molecule has 5 aromatic rings. The van der Waals surface area contributed by atoms with Crippen LogP contribution in [0.25, 0.3) is 22.6 Å². The van der Waals surface area contributed by atoms with Gasteiger partial charge in [0.25, 0.3) is 0 Å². The molecule has 0 N–H and O–H groups in total. The minimum absolute atomic E-state index is 0.131. The average molecular weight is 630 g/mol. The smallest absolute Gasteiger partial charge is 0.387 e. The van der Waals surface area contributed by atoms with Gasteiger partial charge in [0, 0.05) is 42.3 Å². The van der Waals surface area contributed by atoms with E-state index in [0.29, 0.717) is 24.7 Å². The standard InChI is InChI=1S/C36H34ClF2N3O3/c1-2-3-19-42-31(34(27-12-14-29(37)15-13-27)40-35(42)28-7-5-4-6-8-28)23-41(21-25-9-16-30(17-10-25)45-36(38)39)22-26-11-18-32-33(20-26)44-24-43-32/h4-18,20,36H,2-3,19,21-24H2,1H3. The Morgan fingerprint density at radius 2 is 1.56 bits per heavy atom. The number of hydrogen-bond acceptors (Lipinski definition) is 5. The fraction of sp³-hybridized carbons (Fsp3) is 0.250. The fourth-order valence-corrected chi connectivity index (χ4v) is 5.69. The third-order valence-corrected chi connectivity index (χ3v) is 7.98. The van der Waals surface area contributed by atoms with Gasteiger partial charge in [-0.25, -0.2) is 4.98 Å². The van der Waals surface area contributed by atoms with E-state index in [1.165, 1.54) is 0 Å². The minimum atomic E-state index is -2.87. The Bertz CT molecular complexity index is 1710. The van der Waals surface area contributed by atoms with Crippen LogP contribution in [0, 0.1) is 0 Å². The summed E-state index contributed by atoms with van der Waals surface area (Å²) in [4.78, 5) is 7.58. The topological polar surface area (TPSA) is 48.8 Å². The first-order valence-electron chi connectivity index (χ1n) is 15.0. The third kappa shape index (κ3) is 7.47. The average Bonchev–Trinajstić information content (AvgIpc) is 3.66. The Hall–Kier alpha value is -4.40. The summed E-state index contributed by atoms with van der Waals surface area (Å²) in [5.41, 5.74) is 6.05. The van der Waals surface area contributed by atoms with Gasteiger partial charge in [0.05, 0.1) is 11.4 Å². The largest absolute Gasteiger partial charge is 0.454 e. The van der Waals surface area contributed by atoms with Gasteiger partial charge >= 0.3 is 6.61 Å². The van der Waals surface area contributed by atoms with Gasteiger partial charge in [-0.05, 0) is 53.9 Å². The minimum Gasteiger partial charge on any atom is -0.454 e. The van der Waals surface area contributed by atoms with Crippen molar-refractivity contribution in [2.45, 2.75) is 52.6 Å². The molecule has 0 fully saturated rings. The summed E-state index contributed by atoms with van der Waals surface area (Å²) >= 11 is 6.28. The molecule has 6 rings (SSSR count). The second-order valence-electron chi connectivity index (χ2n) is 11.0. The number of rotatable bonds is 13. The van der Waals surface area contributed by atoms with Crippen molar-refractivity contribution < 1.29 is 23.0 Å². The van der Waals surface area contributed by atoms with Crippen LogP contribution in [0.2, 0.25) is 5.02 Å². The highest BCUT2D eigenvalue weighted by atomic mass is 35.5. The van der Waals surface area contributed by atoms with Crippen LogP contribution in [-0.2, 0) is 26.2 Å². The molecule has 45 heavy (non-hydrogen) atoms. The van der Waals surface area contributed by atoms with Crippen LogP contribution >= 0.6 is 11.6 Å². The third-order valence-electron chi connectivity index (χ3n) is 7.73. The fourth-order valence-electron chi connectivity index (χ4n) is 5.56. The zero-order valence-corrected chi connectivity index (χ0v) is 25.7. The number of alkyl halides is 2. The molecule has 232 valence electrons. The van der Waals surface area contributed by atoms with Gasteiger partial charge < -0.3 is 18.8 Å². The molecule has 1 aromatic heterocycles. The normalized spacial score (nSPS) is 12.3. The van der Waals surface area contributed by atoms with E-state index in [1.54, 1.807) is 12.1 Å². The molecule has 0 bridgehead atoms. The molecule has 1 aliphatic heterocycles. The maximum atomic E-state index is 12.8. The van der Waals surface area contributed by atoms with Crippen molar-refractivity contribution in [3.05, 3.63) is 119 Å². The van der Waals surface area contributed by atoms with Crippen LogP contribution in [0.5, 0.6) is 17.2 Å². The van der Waals surface area contributed by atoms with Crippen LogP contribution in [0.4, 0.5) is 8.78 Å². The zero-order valence-electron chi connectivity index (χ0n) is 25.0. The van der Waals surface area contributed by atoms with Crippen LogP contribution in [0.3, 0.4) is 0 Å². The van der Waals surface area contributed by atoms with Gasteiger partial charge in [-0.15, -0.1) is 0 Å². The van der Waals surface area contributed by atoms with Gasteiger partial charge in [0.1, 0.15) is 11.6 Å². The Kier molecular flexibility index (Phi) is 9.62. The number of ether oxygens (including phenoxy) is 3. The summed E-state index contributed by atoms with van der Waals surface area (Å²) in [6, 6.07) is 30.9. The van der Waals surface area contributed by atoms with Crippen LogP contribution in [0.15, 0.2) is 97.1 Å². The summed E-state index contributed by atoms with van der Waals surface area (Å²) in [5.74, 6) is 2.50. The molecule has 0 amide bonds. The first-order chi connectivity index (χ1) is 22.0. The second kappa shape index (κ2) is 14.1. The summed E-state index contributed by atoms with van der Waals surface area (Å²) in [7, 11) is 0. The van der Waals surface area contributed by atoms with E-state index in [4.69, 9.17) is 26.1 Å². The van der Waals surface area contributed by atoms with E-state index >= 15 is 0 Å².